The number of carbonyl (C=O) groups is 8. The maximum absolute atomic E-state index is 12.6. The molecular formula is C42H46FeN4O16. The maximum atomic E-state index is 12.6. The average Bonchev–Trinajstić information content (AvgIpc) is 3.77. The minimum Gasteiger partial charge on any atom is -0.664 e. The van der Waals surface area contributed by atoms with E-state index in [0.717, 1.165) is 0 Å². The second-order valence-corrected chi connectivity index (χ2v) is 16.3. The van der Waals surface area contributed by atoms with Crippen molar-refractivity contribution in [2.24, 2.45) is 22.7 Å². The molecule has 0 saturated carbocycles. The molecule has 3 aliphatic rings. The molecule has 0 radical (unpaired) electrons. The molecule has 2 saturated heterocycles. The third-order valence-corrected chi connectivity index (χ3v) is 12.1. The molecule has 5 heterocycles. The number of aliphatic carboxylic acids is 8. The number of nitrogens with zero attached hydrogens (tertiary/aromatic N) is 4. The molecule has 21 heteroatoms. The number of carboxylic acid groups (broad SMARTS) is 8. The zero-order valence-electron chi connectivity index (χ0n) is 34.1. The van der Waals surface area contributed by atoms with Gasteiger partial charge in [0.05, 0.1) is 19.3 Å². The molecule has 20 nitrogen and oxygen atoms in total. The molecule has 2 fully saturated rings. The van der Waals surface area contributed by atoms with Gasteiger partial charge in [0.1, 0.15) is 0 Å². The van der Waals surface area contributed by atoms with Crippen molar-refractivity contribution in [3.63, 3.8) is 0 Å². The smallest absolute Gasteiger partial charge is 0.664 e. The summed E-state index contributed by atoms with van der Waals surface area (Å²) in [6.45, 7) is 3.14. The second kappa shape index (κ2) is 19.9. The van der Waals surface area contributed by atoms with Gasteiger partial charge in [-0.25, -0.2) is 0 Å². The number of carboxylic acids is 8. The summed E-state index contributed by atoms with van der Waals surface area (Å²) in [5.41, 5.74) is -2.29. The Balaban J connectivity index is 0.00000871. The topological polar surface area (TPSA) is 355 Å². The average molecular weight is 919 g/mol. The van der Waals surface area contributed by atoms with Crippen LogP contribution in [0.2, 0.25) is 0 Å². The van der Waals surface area contributed by atoms with Gasteiger partial charge in [-0.3, -0.25) is 38.4 Å². The Morgan fingerprint density at radius 2 is 1.11 bits per heavy atom. The number of aromatic nitrogens is 2. The number of rotatable bonds is 20. The summed E-state index contributed by atoms with van der Waals surface area (Å²) in [7, 11) is 0. The van der Waals surface area contributed by atoms with E-state index < -0.39 is 134 Å². The molecule has 0 aromatic carbocycles. The molecule has 2 aromatic rings. The SMILES string of the molecule is C[C@]1(CC(=O)O)[C@H](CCC(=O)O)[C@@H]2/C=C3/[N-]/C(=C/c4[n-]c(c(CCC(=O)O)c4CC(=O)O)/C=c4\[n-]/c(c(CC(=O)O)c4CCC(=O)O)=C\[C@H]1[N-]2)[C@@H](CCC(=O)O)[C@]3(C)CC(=O)O.[Fe+4]. The van der Waals surface area contributed by atoms with Crippen LogP contribution in [-0.2, 0) is 81.1 Å². The van der Waals surface area contributed by atoms with Crippen LogP contribution >= 0.6 is 0 Å². The van der Waals surface area contributed by atoms with E-state index in [1.165, 1.54) is 24.3 Å². The van der Waals surface area contributed by atoms with Crippen LogP contribution in [0.1, 0.15) is 98.9 Å². The summed E-state index contributed by atoms with van der Waals surface area (Å²) in [4.78, 5) is 107. The van der Waals surface area contributed by atoms with Crippen LogP contribution in [0, 0.1) is 22.7 Å². The summed E-state index contributed by atoms with van der Waals surface area (Å²) < 4.78 is 0. The van der Waals surface area contributed by atoms with Gasteiger partial charge in [0.15, 0.2) is 0 Å². The van der Waals surface area contributed by atoms with Crippen LogP contribution in [0.25, 0.3) is 28.9 Å². The molecule has 6 atom stereocenters. The molecule has 0 amide bonds. The number of hydrogen-bond donors (Lipinski definition) is 8. The van der Waals surface area contributed by atoms with E-state index in [1.807, 2.05) is 0 Å². The van der Waals surface area contributed by atoms with Crippen LogP contribution in [0.5, 0.6) is 0 Å². The molecule has 0 aliphatic carbocycles. The van der Waals surface area contributed by atoms with Crippen LogP contribution < -0.4 is 20.7 Å². The summed E-state index contributed by atoms with van der Waals surface area (Å²) >= 11 is 0. The Hall–Kier alpha value is -6.18. The van der Waals surface area contributed by atoms with Gasteiger partial charge in [0.2, 0.25) is 0 Å². The normalized spacial score (nSPS) is 26.2. The first-order valence-corrected chi connectivity index (χ1v) is 19.7. The first kappa shape index (κ1) is 49.5. The maximum Gasteiger partial charge on any atom is 4.00 e. The first-order chi connectivity index (χ1) is 29.0. The Morgan fingerprint density at radius 3 is 1.67 bits per heavy atom. The molecule has 8 N–H and O–H groups in total. The number of hydrogen-bond acceptors (Lipinski definition) is 8. The fourth-order valence-corrected chi connectivity index (χ4v) is 9.22. The zero-order valence-corrected chi connectivity index (χ0v) is 35.2. The quantitative estimate of drug-likeness (QED) is 0.0882. The van der Waals surface area contributed by atoms with Gasteiger partial charge in [-0.15, -0.1) is 46.3 Å². The number of fused-ring (bicyclic) bond motifs is 8. The van der Waals surface area contributed by atoms with Gasteiger partial charge in [-0.2, -0.15) is 11.4 Å². The zero-order chi connectivity index (χ0) is 45.8. The molecule has 2 aromatic heterocycles. The Kier molecular flexibility index (Phi) is 15.6. The van der Waals surface area contributed by atoms with Crippen molar-refractivity contribution in [3.8, 4) is 0 Å². The van der Waals surface area contributed by atoms with E-state index in [4.69, 9.17) is 20.6 Å². The minimum absolute atomic E-state index is 0. The Labute approximate surface area is 369 Å². The molecule has 338 valence electrons. The molecular weight excluding hydrogens is 872 g/mol. The van der Waals surface area contributed by atoms with Crippen molar-refractivity contribution < 1.29 is 96.3 Å². The van der Waals surface area contributed by atoms with E-state index in [1.54, 1.807) is 13.8 Å². The molecule has 3 aliphatic heterocycles. The number of allylic oxidation sites excluding steroid dienone is 2. The Bertz CT molecular complexity index is 2400. The predicted molar refractivity (Wildman–Crippen MR) is 213 cm³/mol. The monoisotopic (exact) mass is 918 g/mol. The van der Waals surface area contributed by atoms with E-state index in [9.17, 15) is 79.2 Å². The third kappa shape index (κ3) is 11.3. The van der Waals surface area contributed by atoms with Crippen LogP contribution in [0.4, 0.5) is 0 Å². The molecule has 0 unspecified atom stereocenters. The van der Waals surface area contributed by atoms with Gasteiger partial charge >= 0.3 is 64.8 Å². The van der Waals surface area contributed by atoms with Crippen molar-refractivity contribution in [3.05, 3.63) is 72.4 Å². The van der Waals surface area contributed by atoms with Gasteiger partial charge < -0.3 is 61.5 Å². The van der Waals surface area contributed by atoms with Gasteiger partial charge in [0, 0.05) is 32.1 Å². The Morgan fingerprint density at radius 1 is 0.571 bits per heavy atom. The molecule has 5 rings (SSSR count). The largest absolute Gasteiger partial charge is 4.00 e. The third-order valence-electron chi connectivity index (χ3n) is 12.1. The van der Waals surface area contributed by atoms with Crippen molar-refractivity contribution in [1.82, 2.24) is 9.97 Å². The van der Waals surface area contributed by atoms with E-state index >= 15 is 0 Å². The van der Waals surface area contributed by atoms with E-state index in [0.29, 0.717) is 0 Å². The van der Waals surface area contributed by atoms with Crippen molar-refractivity contribution >= 4 is 66.0 Å². The van der Waals surface area contributed by atoms with Crippen molar-refractivity contribution in [2.45, 2.75) is 103 Å². The van der Waals surface area contributed by atoms with Crippen molar-refractivity contribution in [1.29, 1.82) is 0 Å². The van der Waals surface area contributed by atoms with Gasteiger partial charge in [-0.1, -0.05) is 42.7 Å². The summed E-state index contributed by atoms with van der Waals surface area (Å²) in [6.07, 6.45) is 0.438. The van der Waals surface area contributed by atoms with Gasteiger partial charge in [-0.05, 0) is 53.9 Å². The fraction of sp³-hybridized carbons (Fsp3) is 0.476. The van der Waals surface area contributed by atoms with Crippen LogP contribution in [-0.4, -0.2) is 101 Å². The van der Waals surface area contributed by atoms with Crippen molar-refractivity contribution in [2.75, 3.05) is 0 Å². The summed E-state index contributed by atoms with van der Waals surface area (Å²) in [5, 5.41) is 89.5. The van der Waals surface area contributed by atoms with Crippen LogP contribution in [0.3, 0.4) is 0 Å². The second-order valence-electron chi connectivity index (χ2n) is 16.3. The predicted octanol–water partition coefficient (Wildman–Crippen LogP) is 2.17. The molecule has 0 spiro atoms. The first-order valence-electron chi connectivity index (χ1n) is 19.7. The van der Waals surface area contributed by atoms with Crippen LogP contribution in [0.15, 0.2) is 17.5 Å². The van der Waals surface area contributed by atoms with E-state index in [-0.39, 0.29) is 98.5 Å². The standard InChI is InChI=1S/C42H46N4O16.Fe/c1-41(17-39(59)60)23(5-9-35(51)52)29-14-27-21(11-37(55)56)19(3-7-33(47)48)25(43-27)13-26-20(4-8-34(49)50)22(12-38(57)58)28(44-26)15-31-42(2,18-40(61)62)24(6-10-36(53)54)30(46-31)16-32(41)45-29;/h13-16,23-24,30-31H,3-12,17-18H2,1-2H3,(H,47,48)(H,49,50)(H,51,52)(H,53,54)(H,55,56)(H,57,58)(H,59,60)(H,61,62);/q-4;+4/b26-13-,28-15-,29-14+,32-16+;/t23-,24-,30+,31-,41+,42+;/m1./s1. The van der Waals surface area contributed by atoms with E-state index in [2.05, 4.69) is 0 Å². The molecule has 63 heavy (non-hydrogen) atoms. The summed E-state index contributed by atoms with van der Waals surface area (Å²) in [5.74, 6) is -12.0. The summed E-state index contributed by atoms with van der Waals surface area (Å²) in [6, 6.07) is -2.18. The molecule has 8 bridgehead atoms. The van der Waals surface area contributed by atoms with Gasteiger partial charge in [0.25, 0.3) is 0 Å². The minimum atomic E-state index is -1.48. The fourth-order valence-electron chi connectivity index (χ4n) is 9.22.